The van der Waals surface area contributed by atoms with Crippen LogP contribution in [0.1, 0.15) is 271 Å². The molecule has 2 heterocycles. The Balaban J connectivity index is 1.49. The summed E-state index contributed by atoms with van der Waals surface area (Å²) in [6.07, 6.45) is 49.6. The molecule has 2 aliphatic rings. The first-order chi connectivity index (χ1) is 39.1. The average molecular weight is 1140 g/mol. The van der Waals surface area contributed by atoms with Gasteiger partial charge in [0, 0.05) is 6.42 Å². The van der Waals surface area contributed by atoms with Crippen molar-refractivity contribution >= 4 is 5.91 Å². The fraction of sp³-hybridized carbons (Fsp3) is 0.864. The number of amides is 1. The van der Waals surface area contributed by atoms with Gasteiger partial charge in [0.05, 0.1) is 32.0 Å². The Morgan fingerprint density at radius 3 is 1.26 bits per heavy atom. The normalized spacial score (nSPS) is 24.5. The maximum Gasteiger partial charge on any atom is 0.220 e. The first-order valence-electron chi connectivity index (χ1n) is 32.9. The molecular weight excluding hydrogens is 1010 g/mol. The number of carbonyl (C=O) groups excluding carboxylic acids is 1. The molecule has 2 rings (SSSR count). The lowest BCUT2D eigenvalue weighted by atomic mass is 9.97. The number of ether oxygens (including phenoxy) is 4. The highest BCUT2D eigenvalue weighted by Crippen LogP contribution is 2.30. The van der Waals surface area contributed by atoms with E-state index >= 15 is 0 Å². The van der Waals surface area contributed by atoms with Crippen LogP contribution in [0.25, 0.3) is 0 Å². The van der Waals surface area contributed by atoms with Gasteiger partial charge in [-0.1, -0.05) is 255 Å². The lowest BCUT2D eigenvalue weighted by Crippen LogP contribution is -2.65. The minimum absolute atomic E-state index is 0.241. The molecule has 1 amide bonds. The fourth-order valence-electron chi connectivity index (χ4n) is 10.7. The third-order valence-electron chi connectivity index (χ3n) is 16.0. The second kappa shape index (κ2) is 51.4. The average Bonchev–Trinajstić information content (AvgIpc) is 3.48. The molecule has 0 aromatic heterocycles. The molecule has 0 aromatic rings. The molecule has 2 saturated heterocycles. The van der Waals surface area contributed by atoms with E-state index in [0.29, 0.717) is 6.42 Å². The minimum atomic E-state index is -1.79. The maximum absolute atomic E-state index is 13.2. The van der Waals surface area contributed by atoms with Crippen molar-refractivity contribution in [3.8, 4) is 0 Å². The Labute approximate surface area is 486 Å². The van der Waals surface area contributed by atoms with Crippen molar-refractivity contribution in [3.63, 3.8) is 0 Å². The van der Waals surface area contributed by atoms with Crippen molar-refractivity contribution in [2.75, 3.05) is 19.8 Å². The van der Waals surface area contributed by atoms with Gasteiger partial charge in [0.1, 0.15) is 48.8 Å². The number of aliphatic hydroxyl groups is 8. The predicted molar refractivity (Wildman–Crippen MR) is 323 cm³/mol. The molecule has 12 unspecified atom stereocenters. The largest absolute Gasteiger partial charge is 0.394 e. The fourth-order valence-corrected chi connectivity index (χ4v) is 10.7. The highest BCUT2D eigenvalue weighted by Gasteiger charge is 2.51. The zero-order chi connectivity index (χ0) is 58.1. The Morgan fingerprint density at radius 1 is 0.450 bits per heavy atom. The monoisotopic (exact) mass is 1140 g/mol. The Kier molecular flexibility index (Phi) is 47.6. The van der Waals surface area contributed by atoms with E-state index in [2.05, 4.69) is 55.6 Å². The van der Waals surface area contributed by atoms with E-state index in [1.165, 1.54) is 180 Å². The van der Waals surface area contributed by atoms with Crippen molar-refractivity contribution in [3.05, 3.63) is 48.6 Å². The zero-order valence-corrected chi connectivity index (χ0v) is 50.6. The first-order valence-corrected chi connectivity index (χ1v) is 32.9. The number of unbranched alkanes of at least 4 members (excludes halogenated alkanes) is 34. The molecule has 0 aromatic carbocycles. The molecule has 468 valence electrons. The number of aliphatic hydroxyl groups excluding tert-OH is 8. The summed E-state index contributed by atoms with van der Waals surface area (Å²) in [7, 11) is 0. The molecular formula is C66H121NO13. The van der Waals surface area contributed by atoms with Crippen molar-refractivity contribution in [1.29, 1.82) is 0 Å². The Morgan fingerprint density at radius 2 is 0.825 bits per heavy atom. The number of nitrogens with one attached hydrogen (secondary N) is 1. The van der Waals surface area contributed by atoms with Gasteiger partial charge < -0.3 is 65.1 Å². The Hall–Kier alpha value is -2.05. The standard InChI is InChI=1S/C66H121NO13/c1-3-5-7-9-11-12-13-14-15-16-17-18-19-20-21-22-23-24-25-26-27-28-29-30-31-32-33-34-35-36-37-38-39-40-41-42-44-46-48-50-58(71)67-54(55(70)49-47-45-43-10-8-6-4-2)53-77-65-63(76)61(74)64(57(52-69)79-65)80-66-62(75)60(73)59(72)56(51-68)78-66/h13-14,16-17,19-20,47,49,54-57,59-66,68-70,72-76H,3-12,15,18,21-46,48,50-53H2,1-2H3,(H,67,71)/b14-13-,17-16-,20-19-,49-47+. The van der Waals surface area contributed by atoms with E-state index < -0.39 is 86.8 Å². The summed E-state index contributed by atoms with van der Waals surface area (Å²) in [6.45, 7) is 2.72. The molecule has 2 fully saturated rings. The maximum atomic E-state index is 13.2. The molecule has 2 aliphatic heterocycles. The third kappa shape index (κ3) is 35.9. The molecule has 0 spiro atoms. The molecule has 14 heteroatoms. The van der Waals surface area contributed by atoms with Crippen LogP contribution in [0.5, 0.6) is 0 Å². The van der Waals surface area contributed by atoms with Crippen LogP contribution in [-0.4, -0.2) is 140 Å². The molecule has 12 atom stereocenters. The van der Waals surface area contributed by atoms with Crippen LogP contribution in [0, 0.1) is 0 Å². The summed E-state index contributed by atoms with van der Waals surface area (Å²) in [6, 6.07) is -0.910. The van der Waals surface area contributed by atoms with E-state index in [1.54, 1.807) is 6.08 Å². The summed E-state index contributed by atoms with van der Waals surface area (Å²) < 4.78 is 22.7. The van der Waals surface area contributed by atoms with Gasteiger partial charge in [-0.05, 0) is 57.8 Å². The van der Waals surface area contributed by atoms with Gasteiger partial charge in [0.15, 0.2) is 12.6 Å². The van der Waals surface area contributed by atoms with E-state index in [0.717, 1.165) is 64.2 Å². The van der Waals surface area contributed by atoms with Gasteiger partial charge in [-0.3, -0.25) is 4.79 Å². The molecule has 0 aliphatic carbocycles. The van der Waals surface area contributed by atoms with Crippen LogP contribution >= 0.6 is 0 Å². The lowest BCUT2D eigenvalue weighted by Gasteiger charge is -2.46. The molecule has 80 heavy (non-hydrogen) atoms. The molecule has 9 N–H and O–H groups in total. The molecule has 14 nitrogen and oxygen atoms in total. The van der Waals surface area contributed by atoms with Crippen molar-refractivity contribution in [1.82, 2.24) is 5.32 Å². The van der Waals surface area contributed by atoms with Crippen LogP contribution in [0.2, 0.25) is 0 Å². The highest BCUT2D eigenvalue weighted by molar-refractivity contribution is 5.76. The first kappa shape index (κ1) is 74.1. The molecule has 0 saturated carbocycles. The summed E-state index contributed by atoms with van der Waals surface area (Å²) in [4.78, 5) is 13.2. The van der Waals surface area contributed by atoms with E-state index in [4.69, 9.17) is 18.9 Å². The minimum Gasteiger partial charge on any atom is -0.394 e. The van der Waals surface area contributed by atoms with Crippen LogP contribution < -0.4 is 5.32 Å². The van der Waals surface area contributed by atoms with Gasteiger partial charge in [-0.2, -0.15) is 0 Å². The third-order valence-corrected chi connectivity index (χ3v) is 16.0. The van der Waals surface area contributed by atoms with Crippen molar-refractivity contribution in [2.45, 2.75) is 344 Å². The Bertz CT molecular complexity index is 1530. The second-order valence-electron chi connectivity index (χ2n) is 23.2. The van der Waals surface area contributed by atoms with Crippen molar-refractivity contribution < 1.29 is 64.6 Å². The second-order valence-corrected chi connectivity index (χ2v) is 23.2. The lowest BCUT2D eigenvalue weighted by molar-refractivity contribution is -0.359. The molecule has 0 bridgehead atoms. The number of hydrogen-bond donors (Lipinski definition) is 9. The SMILES string of the molecule is CCCCCCC/C=C\C/C=C\C/C=C\CCCCCCCCCCCCCCCCCCCCCCCCCCC(=O)NC(COC1OC(CO)C(OC2OC(CO)C(O)C(O)C2O)C(O)C1O)C(O)/C=C/CCCCCCC. The number of carbonyl (C=O) groups is 1. The highest BCUT2D eigenvalue weighted by atomic mass is 16.7. The van der Waals surface area contributed by atoms with E-state index in [-0.39, 0.29) is 18.9 Å². The van der Waals surface area contributed by atoms with Crippen LogP contribution in [-0.2, 0) is 23.7 Å². The van der Waals surface area contributed by atoms with Gasteiger partial charge >= 0.3 is 0 Å². The van der Waals surface area contributed by atoms with Crippen LogP contribution in [0.4, 0.5) is 0 Å². The van der Waals surface area contributed by atoms with E-state index in [9.17, 15) is 45.6 Å². The predicted octanol–water partition coefficient (Wildman–Crippen LogP) is 12.3. The summed E-state index contributed by atoms with van der Waals surface area (Å²) in [5.41, 5.74) is 0. The van der Waals surface area contributed by atoms with Gasteiger partial charge in [-0.15, -0.1) is 0 Å². The van der Waals surface area contributed by atoms with Gasteiger partial charge in [-0.25, -0.2) is 0 Å². The number of rotatable bonds is 53. The summed E-state index contributed by atoms with van der Waals surface area (Å²) >= 11 is 0. The number of hydrogen-bond acceptors (Lipinski definition) is 13. The summed E-state index contributed by atoms with van der Waals surface area (Å²) in [5.74, 6) is -0.241. The van der Waals surface area contributed by atoms with Gasteiger partial charge in [0.2, 0.25) is 5.91 Å². The quantitative estimate of drug-likeness (QED) is 0.0204. The smallest absolute Gasteiger partial charge is 0.220 e. The molecule has 0 radical (unpaired) electrons. The number of allylic oxidation sites excluding steroid dienone is 7. The summed E-state index contributed by atoms with van der Waals surface area (Å²) in [5, 5.41) is 86.7. The van der Waals surface area contributed by atoms with Crippen LogP contribution in [0.15, 0.2) is 48.6 Å². The topological polar surface area (TPSA) is 228 Å². The van der Waals surface area contributed by atoms with Gasteiger partial charge in [0.25, 0.3) is 0 Å². The van der Waals surface area contributed by atoms with Crippen LogP contribution in [0.3, 0.4) is 0 Å². The van der Waals surface area contributed by atoms with E-state index in [1.807, 2.05) is 6.08 Å². The van der Waals surface area contributed by atoms with Crippen molar-refractivity contribution in [2.24, 2.45) is 0 Å². The zero-order valence-electron chi connectivity index (χ0n) is 50.6.